The van der Waals surface area contributed by atoms with Crippen LogP contribution < -0.4 is 21.3 Å². The van der Waals surface area contributed by atoms with E-state index in [9.17, 15) is 0 Å². The third-order valence-corrected chi connectivity index (χ3v) is 5.31. The quantitative estimate of drug-likeness (QED) is 0.346. The maximum Gasteiger partial charge on any atom is 0.00509 e. The molecule has 0 saturated heterocycles. The summed E-state index contributed by atoms with van der Waals surface area (Å²) < 4.78 is 0. The van der Waals surface area contributed by atoms with E-state index >= 15 is 0 Å². The molecule has 4 nitrogen and oxygen atoms in total. The molecule has 1 fully saturated rings. The lowest BCUT2D eigenvalue weighted by atomic mass is 9.83. The Kier molecular flexibility index (Phi) is 13.8. The van der Waals surface area contributed by atoms with Crippen molar-refractivity contribution >= 4 is 0 Å². The number of rotatable bonds is 15. The first-order valence-electron chi connectivity index (χ1n) is 10.6. The minimum atomic E-state index is 0.640. The standard InChI is InChI=1S/C20H44N4/c1-4-21-12-5-13-22-14-6-15-23-16-11-19(3)24-17-20-9-7-18(2)8-10-20/h18-24H,4-17H2,1-3H3. The van der Waals surface area contributed by atoms with E-state index in [4.69, 9.17) is 0 Å². The molecule has 1 rings (SSSR count). The molecule has 0 aromatic rings. The zero-order valence-corrected chi connectivity index (χ0v) is 16.6. The monoisotopic (exact) mass is 340 g/mol. The lowest BCUT2D eigenvalue weighted by Crippen LogP contribution is -2.35. The molecule has 1 atom stereocenters. The zero-order valence-electron chi connectivity index (χ0n) is 16.6. The van der Waals surface area contributed by atoms with Crippen LogP contribution in [0.5, 0.6) is 0 Å². The molecular weight excluding hydrogens is 296 g/mol. The Hall–Kier alpha value is -0.160. The largest absolute Gasteiger partial charge is 0.317 e. The molecule has 4 N–H and O–H groups in total. The maximum atomic E-state index is 3.74. The van der Waals surface area contributed by atoms with E-state index < -0.39 is 0 Å². The highest BCUT2D eigenvalue weighted by molar-refractivity contribution is 4.73. The minimum absolute atomic E-state index is 0.640. The summed E-state index contributed by atoms with van der Waals surface area (Å²) in [5.74, 6) is 1.89. The van der Waals surface area contributed by atoms with Crippen molar-refractivity contribution in [3.05, 3.63) is 0 Å². The highest BCUT2D eigenvalue weighted by Crippen LogP contribution is 2.27. The summed E-state index contributed by atoms with van der Waals surface area (Å²) in [6, 6.07) is 0.640. The fourth-order valence-electron chi connectivity index (χ4n) is 3.43. The Morgan fingerprint density at radius 1 is 0.833 bits per heavy atom. The molecule has 0 heterocycles. The predicted molar refractivity (Wildman–Crippen MR) is 107 cm³/mol. The zero-order chi connectivity index (χ0) is 17.5. The number of hydrogen-bond donors (Lipinski definition) is 4. The van der Waals surface area contributed by atoms with E-state index in [0.717, 1.165) is 51.1 Å². The third-order valence-electron chi connectivity index (χ3n) is 5.31. The summed E-state index contributed by atoms with van der Waals surface area (Å²) in [6.45, 7) is 14.9. The molecular formula is C20H44N4. The first kappa shape index (κ1) is 21.9. The number of hydrogen-bond acceptors (Lipinski definition) is 4. The van der Waals surface area contributed by atoms with Crippen molar-refractivity contribution in [1.29, 1.82) is 0 Å². The van der Waals surface area contributed by atoms with Crippen molar-refractivity contribution in [2.45, 2.75) is 71.8 Å². The van der Waals surface area contributed by atoms with Crippen LogP contribution in [-0.2, 0) is 0 Å². The van der Waals surface area contributed by atoms with Gasteiger partial charge in [-0.2, -0.15) is 0 Å². The van der Waals surface area contributed by atoms with Crippen molar-refractivity contribution in [2.24, 2.45) is 11.8 Å². The predicted octanol–water partition coefficient (Wildman–Crippen LogP) is 2.75. The van der Waals surface area contributed by atoms with Crippen LogP contribution in [-0.4, -0.2) is 51.9 Å². The van der Waals surface area contributed by atoms with E-state index in [0.29, 0.717) is 6.04 Å². The van der Waals surface area contributed by atoms with Crippen LogP contribution in [0.3, 0.4) is 0 Å². The van der Waals surface area contributed by atoms with Crippen LogP contribution in [0.25, 0.3) is 0 Å². The second kappa shape index (κ2) is 15.1. The van der Waals surface area contributed by atoms with Crippen LogP contribution in [0.2, 0.25) is 0 Å². The Bertz CT molecular complexity index is 264. The summed E-state index contributed by atoms with van der Waals surface area (Å²) >= 11 is 0. The Balaban J connectivity index is 1.80. The summed E-state index contributed by atoms with van der Waals surface area (Å²) in [7, 11) is 0. The van der Waals surface area contributed by atoms with Crippen molar-refractivity contribution in [2.75, 3.05) is 45.8 Å². The van der Waals surface area contributed by atoms with E-state index in [1.807, 2.05) is 0 Å². The van der Waals surface area contributed by atoms with Crippen molar-refractivity contribution in [3.8, 4) is 0 Å². The summed E-state index contributed by atoms with van der Waals surface area (Å²) in [6.07, 6.45) is 9.42. The van der Waals surface area contributed by atoms with Gasteiger partial charge in [0.1, 0.15) is 0 Å². The van der Waals surface area contributed by atoms with Gasteiger partial charge in [0.2, 0.25) is 0 Å². The third kappa shape index (κ3) is 12.2. The van der Waals surface area contributed by atoms with Gasteiger partial charge in [-0.1, -0.05) is 26.7 Å². The van der Waals surface area contributed by atoms with Gasteiger partial charge in [0, 0.05) is 6.04 Å². The van der Waals surface area contributed by atoms with Gasteiger partial charge in [-0.15, -0.1) is 0 Å². The van der Waals surface area contributed by atoms with Crippen LogP contribution in [0.1, 0.15) is 65.7 Å². The molecule has 0 spiro atoms. The Morgan fingerprint density at radius 3 is 2.04 bits per heavy atom. The molecule has 1 unspecified atom stereocenters. The SMILES string of the molecule is CCNCCCNCCCNCCC(C)NCC1CCC(C)CC1. The van der Waals surface area contributed by atoms with Gasteiger partial charge < -0.3 is 21.3 Å². The topological polar surface area (TPSA) is 48.1 Å². The first-order chi connectivity index (χ1) is 11.7. The molecule has 4 heteroatoms. The smallest absolute Gasteiger partial charge is 0.00509 e. The average molecular weight is 341 g/mol. The highest BCUT2D eigenvalue weighted by atomic mass is 14.9. The summed E-state index contributed by atoms with van der Waals surface area (Å²) in [5.41, 5.74) is 0. The molecule has 0 aliphatic heterocycles. The molecule has 1 aliphatic rings. The summed E-state index contributed by atoms with van der Waals surface area (Å²) in [5, 5.41) is 14.2. The minimum Gasteiger partial charge on any atom is -0.317 e. The molecule has 0 radical (unpaired) electrons. The lowest BCUT2D eigenvalue weighted by Gasteiger charge is -2.27. The van der Waals surface area contributed by atoms with Gasteiger partial charge in [0.15, 0.2) is 0 Å². The average Bonchev–Trinajstić information content (AvgIpc) is 2.59. The normalized spacial score (nSPS) is 22.6. The second-order valence-electron chi connectivity index (χ2n) is 7.78. The lowest BCUT2D eigenvalue weighted by molar-refractivity contribution is 0.274. The van der Waals surface area contributed by atoms with Gasteiger partial charge in [-0.05, 0) is 96.7 Å². The molecule has 0 aromatic carbocycles. The van der Waals surface area contributed by atoms with Crippen LogP contribution in [0, 0.1) is 11.8 Å². The maximum absolute atomic E-state index is 3.74. The van der Waals surface area contributed by atoms with Gasteiger partial charge >= 0.3 is 0 Å². The molecule has 0 bridgehead atoms. The Morgan fingerprint density at radius 2 is 1.42 bits per heavy atom. The van der Waals surface area contributed by atoms with Gasteiger partial charge in [0.05, 0.1) is 0 Å². The molecule has 24 heavy (non-hydrogen) atoms. The van der Waals surface area contributed by atoms with Gasteiger partial charge in [-0.25, -0.2) is 0 Å². The van der Waals surface area contributed by atoms with E-state index in [1.165, 1.54) is 51.5 Å². The highest BCUT2D eigenvalue weighted by Gasteiger charge is 2.18. The van der Waals surface area contributed by atoms with Crippen molar-refractivity contribution in [1.82, 2.24) is 21.3 Å². The van der Waals surface area contributed by atoms with E-state index in [1.54, 1.807) is 0 Å². The first-order valence-corrected chi connectivity index (χ1v) is 10.6. The Labute approximate surface area is 151 Å². The van der Waals surface area contributed by atoms with Crippen LogP contribution >= 0.6 is 0 Å². The summed E-state index contributed by atoms with van der Waals surface area (Å²) in [4.78, 5) is 0. The van der Waals surface area contributed by atoms with E-state index in [-0.39, 0.29) is 0 Å². The van der Waals surface area contributed by atoms with Crippen molar-refractivity contribution in [3.63, 3.8) is 0 Å². The molecule has 144 valence electrons. The van der Waals surface area contributed by atoms with Gasteiger partial charge in [-0.3, -0.25) is 0 Å². The van der Waals surface area contributed by atoms with Crippen molar-refractivity contribution < 1.29 is 0 Å². The fraction of sp³-hybridized carbons (Fsp3) is 1.00. The molecule has 1 aliphatic carbocycles. The van der Waals surface area contributed by atoms with Gasteiger partial charge in [0.25, 0.3) is 0 Å². The van der Waals surface area contributed by atoms with Crippen LogP contribution in [0.15, 0.2) is 0 Å². The molecule has 0 aromatic heterocycles. The van der Waals surface area contributed by atoms with Crippen LogP contribution in [0.4, 0.5) is 0 Å². The van der Waals surface area contributed by atoms with E-state index in [2.05, 4.69) is 42.0 Å². The number of nitrogens with one attached hydrogen (secondary N) is 4. The molecule has 1 saturated carbocycles. The second-order valence-corrected chi connectivity index (χ2v) is 7.78. The fourth-order valence-corrected chi connectivity index (χ4v) is 3.43. The molecule has 0 amide bonds.